The van der Waals surface area contributed by atoms with Crippen molar-refractivity contribution in [2.24, 2.45) is 0 Å². The van der Waals surface area contributed by atoms with E-state index in [-0.39, 0.29) is 6.03 Å². The van der Waals surface area contributed by atoms with Gasteiger partial charge >= 0.3 is 6.03 Å². The van der Waals surface area contributed by atoms with Crippen LogP contribution in [0.5, 0.6) is 5.88 Å². The molecule has 0 fully saturated rings. The molecule has 0 radical (unpaired) electrons. The molecule has 0 aliphatic heterocycles. The molecule has 23 heavy (non-hydrogen) atoms. The van der Waals surface area contributed by atoms with Crippen molar-refractivity contribution < 1.29 is 9.53 Å². The normalized spacial score (nSPS) is 10.5. The molecule has 1 aromatic carbocycles. The molecule has 0 saturated carbocycles. The molecular formula is C15H14ClN5O2. The zero-order chi connectivity index (χ0) is 16.2. The van der Waals surface area contributed by atoms with E-state index in [1.807, 2.05) is 12.1 Å². The lowest BCUT2D eigenvalue weighted by atomic mass is 10.2. The summed E-state index contributed by atoms with van der Waals surface area (Å²) in [5.41, 5.74) is 1.64. The summed E-state index contributed by atoms with van der Waals surface area (Å²) in [4.78, 5) is 16.1. The topological polar surface area (TPSA) is 91.9 Å². The molecular weight excluding hydrogens is 318 g/mol. The zero-order valence-corrected chi connectivity index (χ0v) is 13.0. The molecule has 0 unspecified atom stereocenters. The fourth-order valence-electron chi connectivity index (χ4n) is 2.10. The van der Waals surface area contributed by atoms with Gasteiger partial charge in [-0.05, 0) is 17.7 Å². The van der Waals surface area contributed by atoms with E-state index in [9.17, 15) is 4.79 Å². The van der Waals surface area contributed by atoms with Crippen LogP contribution in [0.15, 0.2) is 36.5 Å². The molecule has 2 amide bonds. The van der Waals surface area contributed by atoms with E-state index in [4.69, 9.17) is 16.3 Å². The minimum Gasteiger partial charge on any atom is -0.479 e. The summed E-state index contributed by atoms with van der Waals surface area (Å²) < 4.78 is 5.09. The number of H-pyrrole nitrogens is 1. The molecule has 7 nitrogen and oxygen atoms in total. The van der Waals surface area contributed by atoms with E-state index < -0.39 is 0 Å². The van der Waals surface area contributed by atoms with Gasteiger partial charge in [0.2, 0.25) is 5.88 Å². The molecule has 0 aliphatic rings. The van der Waals surface area contributed by atoms with Gasteiger partial charge in [0.15, 0.2) is 0 Å². The number of benzene rings is 1. The molecule has 0 aliphatic carbocycles. The number of urea groups is 1. The number of fused-ring (bicyclic) bond motifs is 1. The van der Waals surface area contributed by atoms with Crippen molar-refractivity contribution in [2.45, 2.75) is 6.54 Å². The minimum absolute atomic E-state index is 0.358. The lowest BCUT2D eigenvalue weighted by molar-refractivity contribution is 0.251. The average Bonchev–Trinajstić information content (AvgIpc) is 2.95. The molecule has 2 aromatic heterocycles. The summed E-state index contributed by atoms with van der Waals surface area (Å²) in [5.74, 6) is 0.872. The zero-order valence-electron chi connectivity index (χ0n) is 12.3. The van der Waals surface area contributed by atoms with Gasteiger partial charge in [0.05, 0.1) is 18.0 Å². The molecule has 8 heteroatoms. The van der Waals surface area contributed by atoms with Crippen molar-refractivity contribution in [3.05, 3.63) is 47.1 Å². The fraction of sp³-hybridized carbons (Fsp3) is 0.133. The summed E-state index contributed by atoms with van der Waals surface area (Å²) in [7, 11) is 1.53. The number of nitrogens with zero attached hydrogens (tertiary/aromatic N) is 2. The number of aromatic amines is 1. The van der Waals surface area contributed by atoms with Gasteiger partial charge in [-0.25, -0.2) is 9.78 Å². The molecule has 3 aromatic rings. The number of hydrogen-bond donors (Lipinski definition) is 3. The van der Waals surface area contributed by atoms with Crippen LogP contribution < -0.4 is 15.4 Å². The summed E-state index contributed by atoms with van der Waals surface area (Å²) in [5, 5.41) is 13.6. The van der Waals surface area contributed by atoms with Gasteiger partial charge in [0.1, 0.15) is 5.82 Å². The van der Waals surface area contributed by atoms with Crippen molar-refractivity contribution in [3.63, 3.8) is 0 Å². The predicted octanol–water partition coefficient (Wildman–Crippen LogP) is 2.94. The summed E-state index contributed by atoms with van der Waals surface area (Å²) >= 11 is 5.90. The maximum absolute atomic E-state index is 11.9. The lowest BCUT2D eigenvalue weighted by Gasteiger charge is -2.07. The largest absolute Gasteiger partial charge is 0.479 e. The van der Waals surface area contributed by atoms with Crippen LogP contribution in [0.2, 0.25) is 5.02 Å². The third-order valence-electron chi connectivity index (χ3n) is 3.19. The SMILES string of the molecule is COc1n[nH]c2cc(NC(=O)NCc3cccc(Cl)c3)ncc12. The number of anilines is 1. The van der Waals surface area contributed by atoms with E-state index in [0.29, 0.717) is 23.3 Å². The standard InChI is InChI=1S/C15H14ClN5O2/c1-23-14-11-8-17-13(6-12(11)20-21-14)19-15(22)18-7-9-3-2-4-10(16)5-9/h2-6,8H,7H2,1H3,(H,20,21)(H2,17,18,19,22). The first-order chi connectivity index (χ1) is 11.2. The second-order valence-electron chi connectivity index (χ2n) is 4.79. The Morgan fingerprint density at radius 2 is 2.26 bits per heavy atom. The maximum Gasteiger partial charge on any atom is 0.320 e. The van der Waals surface area contributed by atoms with Gasteiger partial charge in [-0.2, -0.15) is 0 Å². The van der Waals surface area contributed by atoms with E-state index in [1.165, 1.54) is 7.11 Å². The number of methoxy groups -OCH3 is 1. The van der Waals surface area contributed by atoms with Gasteiger partial charge in [0, 0.05) is 23.8 Å². The minimum atomic E-state index is -0.358. The Balaban J connectivity index is 1.63. The van der Waals surface area contributed by atoms with Crippen molar-refractivity contribution in [2.75, 3.05) is 12.4 Å². The second kappa shape index (κ2) is 6.53. The third kappa shape index (κ3) is 3.51. The van der Waals surface area contributed by atoms with Gasteiger partial charge in [-0.1, -0.05) is 23.7 Å². The highest BCUT2D eigenvalue weighted by atomic mass is 35.5. The Labute approximate surface area is 137 Å². The highest BCUT2D eigenvalue weighted by molar-refractivity contribution is 6.30. The van der Waals surface area contributed by atoms with Crippen LogP contribution in [0.1, 0.15) is 5.56 Å². The first kappa shape index (κ1) is 15.1. The number of rotatable bonds is 4. The number of hydrogen-bond acceptors (Lipinski definition) is 4. The van der Waals surface area contributed by atoms with Gasteiger partial charge in [0.25, 0.3) is 0 Å². The molecule has 3 N–H and O–H groups in total. The Morgan fingerprint density at radius 3 is 3.04 bits per heavy atom. The molecule has 0 bridgehead atoms. The highest BCUT2D eigenvalue weighted by Gasteiger charge is 2.09. The Hall–Kier alpha value is -2.80. The molecule has 2 heterocycles. The van der Waals surface area contributed by atoms with Gasteiger partial charge < -0.3 is 10.1 Å². The number of ether oxygens (including phenoxy) is 1. The van der Waals surface area contributed by atoms with Crippen molar-refractivity contribution in [3.8, 4) is 5.88 Å². The number of nitrogens with one attached hydrogen (secondary N) is 3. The summed E-state index contributed by atoms with van der Waals surface area (Å²) in [6, 6.07) is 8.62. The van der Waals surface area contributed by atoms with Crippen LogP contribution >= 0.6 is 11.6 Å². The number of carbonyl (C=O) groups excluding carboxylic acids is 1. The van der Waals surface area contributed by atoms with Crippen LogP contribution in [0.25, 0.3) is 10.9 Å². The molecule has 0 saturated heterocycles. The van der Waals surface area contributed by atoms with Crippen molar-refractivity contribution in [1.29, 1.82) is 0 Å². The fourth-order valence-corrected chi connectivity index (χ4v) is 2.32. The molecule has 3 rings (SSSR count). The van der Waals surface area contributed by atoms with Crippen molar-refractivity contribution in [1.82, 2.24) is 20.5 Å². The van der Waals surface area contributed by atoms with Crippen LogP contribution in [0.4, 0.5) is 10.6 Å². The third-order valence-corrected chi connectivity index (χ3v) is 3.42. The Bertz CT molecular complexity index is 849. The number of pyridine rings is 1. The van der Waals surface area contributed by atoms with Crippen LogP contribution in [0.3, 0.4) is 0 Å². The summed E-state index contributed by atoms with van der Waals surface area (Å²) in [6.45, 7) is 0.368. The smallest absolute Gasteiger partial charge is 0.320 e. The van der Waals surface area contributed by atoms with E-state index in [0.717, 1.165) is 16.5 Å². The second-order valence-corrected chi connectivity index (χ2v) is 5.22. The number of aromatic nitrogens is 3. The Morgan fingerprint density at radius 1 is 1.39 bits per heavy atom. The average molecular weight is 332 g/mol. The summed E-state index contributed by atoms with van der Waals surface area (Å²) in [6.07, 6.45) is 1.59. The number of amides is 2. The molecule has 118 valence electrons. The van der Waals surface area contributed by atoms with E-state index in [2.05, 4.69) is 25.8 Å². The first-order valence-electron chi connectivity index (χ1n) is 6.83. The molecule has 0 atom stereocenters. The number of halogens is 1. The van der Waals surface area contributed by atoms with E-state index in [1.54, 1.807) is 24.4 Å². The predicted molar refractivity (Wildman–Crippen MR) is 87.8 cm³/mol. The van der Waals surface area contributed by atoms with E-state index >= 15 is 0 Å². The lowest BCUT2D eigenvalue weighted by Crippen LogP contribution is -2.28. The monoisotopic (exact) mass is 331 g/mol. The molecule has 0 spiro atoms. The van der Waals surface area contributed by atoms with Crippen molar-refractivity contribution >= 4 is 34.4 Å². The van der Waals surface area contributed by atoms with Crippen LogP contribution in [-0.4, -0.2) is 28.3 Å². The van der Waals surface area contributed by atoms with Gasteiger partial charge in [-0.15, -0.1) is 5.10 Å². The Kier molecular flexibility index (Phi) is 4.29. The quantitative estimate of drug-likeness (QED) is 0.685. The highest BCUT2D eigenvalue weighted by Crippen LogP contribution is 2.22. The number of carbonyl (C=O) groups is 1. The van der Waals surface area contributed by atoms with Gasteiger partial charge in [-0.3, -0.25) is 10.4 Å². The van der Waals surface area contributed by atoms with Crippen LogP contribution in [-0.2, 0) is 6.54 Å². The van der Waals surface area contributed by atoms with Crippen LogP contribution in [0, 0.1) is 0 Å². The first-order valence-corrected chi connectivity index (χ1v) is 7.21. The maximum atomic E-state index is 11.9.